The summed E-state index contributed by atoms with van der Waals surface area (Å²) < 4.78 is 24.8. The molecule has 0 radical (unpaired) electrons. The van der Waals surface area contributed by atoms with Crippen molar-refractivity contribution in [2.24, 2.45) is 28.8 Å². The number of methoxy groups -OCH3 is 1. The van der Waals surface area contributed by atoms with Crippen LogP contribution in [0.2, 0.25) is 0 Å². The highest BCUT2D eigenvalue weighted by Gasteiger charge is 2.51. The van der Waals surface area contributed by atoms with Crippen LogP contribution in [0.3, 0.4) is 0 Å². The summed E-state index contributed by atoms with van der Waals surface area (Å²) in [6, 6.07) is -0.254. The van der Waals surface area contributed by atoms with Gasteiger partial charge in [0.25, 0.3) is 0 Å². The van der Waals surface area contributed by atoms with Crippen molar-refractivity contribution < 1.29 is 48.7 Å². The Bertz CT molecular complexity index is 1140. The molecule has 49 heavy (non-hydrogen) atoms. The van der Waals surface area contributed by atoms with Crippen LogP contribution in [0.4, 0.5) is 0 Å². The number of oxime groups is 1. The van der Waals surface area contributed by atoms with Gasteiger partial charge in [-0.05, 0) is 87.5 Å². The third kappa shape index (κ3) is 9.59. The fraction of sp³-hybridized carbons (Fsp3) is 0.917. The number of aliphatic hydroxyl groups excluding tert-OH is 2. The smallest absolute Gasteiger partial charge is 0.316 e. The van der Waals surface area contributed by atoms with Crippen LogP contribution in [0, 0.1) is 23.7 Å². The Morgan fingerprint density at radius 2 is 1.73 bits per heavy atom. The number of ketones is 1. The molecule has 0 amide bonds. The minimum atomic E-state index is -1.88. The molecule has 3 fully saturated rings. The molecule has 3 rings (SSSR count). The molecule has 0 aromatic rings. The van der Waals surface area contributed by atoms with Crippen molar-refractivity contribution in [3.05, 3.63) is 0 Å². The number of piperidine rings is 1. The van der Waals surface area contributed by atoms with Gasteiger partial charge in [-0.15, -0.1) is 0 Å². The number of Topliss-reactive ketones (excluding diaryl/α,β-unsaturated/α-hetero) is 1. The maximum Gasteiger partial charge on any atom is 0.316 e. The Hall–Kier alpha value is -1.71. The molecular formula is C36H65N3O10. The number of nitrogens with zero attached hydrogens (tertiary/aromatic N) is 3. The van der Waals surface area contributed by atoms with Crippen molar-refractivity contribution in [2.45, 2.75) is 148 Å². The van der Waals surface area contributed by atoms with E-state index < -0.39 is 77.3 Å². The Kier molecular flexibility index (Phi) is 14.6. The van der Waals surface area contributed by atoms with Crippen LogP contribution in [0.15, 0.2) is 5.16 Å². The second kappa shape index (κ2) is 17.2. The molecule has 3 aliphatic rings. The van der Waals surface area contributed by atoms with E-state index in [9.17, 15) is 24.9 Å². The van der Waals surface area contributed by atoms with E-state index in [4.69, 9.17) is 23.8 Å². The van der Waals surface area contributed by atoms with Crippen LogP contribution in [-0.4, -0.2) is 144 Å². The number of rotatable bonds is 7. The third-order valence-corrected chi connectivity index (χ3v) is 11.2. The molecule has 0 bridgehead atoms. The third-order valence-electron chi connectivity index (χ3n) is 11.2. The van der Waals surface area contributed by atoms with Crippen molar-refractivity contribution >= 4 is 17.5 Å². The fourth-order valence-electron chi connectivity index (χ4n) is 7.96. The van der Waals surface area contributed by atoms with Crippen molar-refractivity contribution in [1.82, 2.24) is 9.80 Å². The number of carbonyl (C=O) groups is 2. The van der Waals surface area contributed by atoms with Gasteiger partial charge in [0.2, 0.25) is 0 Å². The normalized spacial score (nSPS) is 44.9. The molecule has 3 aliphatic heterocycles. The van der Waals surface area contributed by atoms with Crippen molar-refractivity contribution in [3.8, 4) is 0 Å². The number of likely N-dealkylation sites (tertiary alicyclic amines) is 1. The number of esters is 1. The predicted octanol–water partition coefficient (Wildman–Crippen LogP) is 2.62. The van der Waals surface area contributed by atoms with E-state index in [1.54, 1.807) is 20.8 Å². The predicted molar refractivity (Wildman–Crippen MR) is 185 cm³/mol. The van der Waals surface area contributed by atoms with Crippen LogP contribution in [0.25, 0.3) is 0 Å². The Balaban J connectivity index is 2.14. The second-order valence-corrected chi connectivity index (χ2v) is 15.6. The molecule has 0 spiro atoms. The van der Waals surface area contributed by atoms with Crippen LogP contribution < -0.4 is 0 Å². The van der Waals surface area contributed by atoms with Crippen LogP contribution in [-0.2, 0) is 33.4 Å². The van der Waals surface area contributed by atoms with E-state index >= 15 is 0 Å². The number of aliphatic hydroxyl groups is 3. The van der Waals surface area contributed by atoms with E-state index in [1.807, 2.05) is 46.8 Å². The average molecular weight is 700 g/mol. The molecule has 1 unspecified atom stereocenters. The summed E-state index contributed by atoms with van der Waals surface area (Å²) in [6.07, 6.45) is -3.16. The largest absolute Gasteiger partial charge is 0.459 e. The minimum absolute atomic E-state index is 0.152. The summed E-state index contributed by atoms with van der Waals surface area (Å²) in [6.45, 7) is 15.5. The van der Waals surface area contributed by atoms with Crippen LogP contribution in [0.5, 0.6) is 0 Å². The van der Waals surface area contributed by atoms with Crippen molar-refractivity contribution in [1.29, 1.82) is 0 Å². The van der Waals surface area contributed by atoms with Crippen LogP contribution in [0.1, 0.15) is 87.5 Å². The van der Waals surface area contributed by atoms with Gasteiger partial charge in [-0.2, -0.15) is 0 Å². The summed E-state index contributed by atoms with van der Waals surface area (Å²) in [5, 5.41) is 39.6. The number of ether oxygens (including phenoxy) is 4. The topological polar surface area (TPSA) is 160 Å². The highest BCUT2D eigenvalue weighted by Crippen LogP contribution is 2.38. The lowest BCUT2D eigenvalue weighted by molar-refractivity contribution is -0.295. The molecule has 3 saturated heterocycles. The standard InChI is InChI=1S/C36H65N3O10/c1-13-27-36(8,44)31(42)22(4)28(37-49-25-15-14-16-39(11)19-25)20(2)18-35(7,45-12)32(23(5)29(40)24(6)33(43)47-27)48-34-30(41)26(38(9)10)17-21(3)46-34/h20-27,30-32,34,41-42,44H,13-19H2,1-12H3/b37-28+/t20-,21-,22+,23+,24-,25?,26+,27-,30-,31-,32-,34+,35-,36-/m1/s1. The lowest BCUT2D eigenvalue weighted by atomic mass is 9.74. The highest BCUT2D eigenvalue weighted by atomic mass is 16.7. The molecule has 13 heteroatoms. The minimum Gasteiger partial charge on any atom is -0.459 e. The fourth-order valence-corrected chi connectivity index (χ4v) is 7.96. The summed E-state index contributed by atoms with van der Waals surface area (Å²) in [5.41, 5.74) is -2.58. The second-order valence-electron chi connectivity index (χ2n) is 15.6. The maximum atomic E-state index is 14.1. The summed E-state index contributed by atoms with van der Waals surface area (Å²) in [5.74, 6) is -4.54. The number of hydrogen-bond donors (Lipinski definition) is 3. The van der Waals surface area contributed by atoms with Gasteiger partial charge in [-0.25, -0.2) is 0 Å². The monoisotopic (exact) mass is 699 g/mol. The molecule has 14 atom stereocenters. The molecular weight excluding hydrogens is 634 g/mol. The zero-order valence-electron chi connectivity index (χ0n) is 31.9. The zero-order valence-corrected chi connectivity index (χ0v) is 31.9. The Morgan fingerprint density at radius 1 is 1.08 bits per heavy atom. The number of cyclic esters (lactones) is 1. The van der Waals surface area contributed by atoms with E-state index in [2.05, 4.69) is 10.1 Å². The SMILES string of the molecule is CC[C@H]1OC(=O)[C@H](C)C(=O)[C@H](C)[C@@H](O[C@@H]2O[C@H](C)C[C@H](N(C)C)[C@H]2O)[C@](C)(OC)C[C@@H](C)/C(=N\OC2CCCN(C)C2)[C@H](C)[C@@H](O)[C@]1(C)O. The molecule has 3 heterocycles. The van der Waals surface area contributed by atoms with E-state index in [0.29, 0.717) is 18.7 Å². The molecule has 3 N–H and O–H groups in total. The van der Waals surface area contributed by atoms with E-state index in [0.717, 1.165) is 19.4 Å². The number of carbonyl (C=O) groups excluding carboxylic acids is 2. The molecule has 0 aromatic heterocycles. The lowest BCUT2D eigenvalue weighted by Crippen LogP contribution is -2.60. The maximum absolute atomic E-state index is 14.1. The van der Waals surface area contributed by atoms with Gasteiger partial charge in [0.1, 0.15) is 29.8 Å². The first kappa shape index (κ1) is 41.7. The molecule has 0 saturated carbocycles. The van der Waals surface area contributed by atoms with Gasteiger partial charge < -0.3 is 48.9 Å². The number of hydrogen-bond acceptors (Lipinski definition) is 13. The average Bonchev–Trinajstić information content (AvgIpc) is 3.04. The summed E-state index contributed by atoms with van der Waals surface area (Å²) >= 11 is 0. The lowest BCUT2D eigenvalue weighted by Gasteiger charge is -2.47. The van der Waals surface area contributed by atoms with Crippen molar-refractivity contribution in [2.75, 3.05) is 41.3 Å². The highest BCUT2D eigenvalue weighted by molar-refractivity contribution is 6.00. The first-order valence-corrected chi connectivity index (χ1v) is 18.1. The zero-order chi connectivity index (χ0) is 37.0. The first-order valence-electron chi connectivity index (χ1n) is 18.1. The Morgan fingerprint density at radius 3 is 2.31 bits per heavy atom. The molecule has 13 nitrogen and oxygen atoms in total. The van der Waals surface area contributed by atoms with Gasteiger partial charge >= 0.3 is 5.97 Å². The van der Waals surface area contributed by atoms with E-state index in [1.165, 1.54) is 21.0 Å². The van der Waals surface area contributed by atoms with Gasteiger partial charge in [0, 0.05) is 37.5 Å². The first-order chi connectivity index (χ1) is 22.8. The van der Waals surface area contributed by atoms with Crippen molar-refractivity contribution in [3.63, 3.8) is 0 Å². The molecule has 284 valence electrons. The van der Waals surface area contributed by atoms with Crippen LogP contribution >= 0.6 is 0 Å². The van der Waals surface area contributed by atoms with Gasteiger partial charge in [-0.1, -0.05) is 32.9 Å². The summed E-state index contributed by atoms with van der Waals surface area (Å²) in [4.78, 5) is 37.9. The van der Waals surface area contributed by atoms with Gasteiger partial charge in [0.05, 0.1) is 29.6 Å². The van der Waals surface area contributed by atoms with E-state index in [-0.39, 0.29) is 31.1 Å². The Labute approximate surface area is 293 Å². The molecule has 0 aromatic carbocycles. The number of likely N-dealkylation sites (N-methyl/N-ethyl adjacent to an activating group) is 2. The quantitative estimate of drug-likeness (QED) is 0.203. The summed E-state index contributed by atoms with van der Waals surface area (Å²) in [7, 11) is 7.33. The van der Waals surface area contributed by atoms with Gasteiger partial charge in [0.15, 0.2) is 12.1 Å². The molecule has 0 aliphatic carbocycles. The van der Waals surface area contributed by atoms with Gasteiger partial charge in [-0.3, -0.25) is 9.59 Å².